The van der Waals surface area contributed by atoms with Gasteiger partial charge in [-0.3, -0.25) is 9.59 Å². The van der Waals surface area contributed by atoms with Crippen molar-refractivity contribution >= 4 is 11.9 Å². The Morgan fingerprint density at radius 1 is 1.21 bits per heavy atom. The van der Waals surface area contributed by atoms with Crippen molar-refractivity contribution in [3.63, 3.8) is 0 Å². The Kier molecular flexibility index (Phi) is 7.89. The van der Waals surface area contributed by atoms with E-state index >= 15 is 0 Å². The van der Waals surface area contributed by atoms with Gasteiger partial charge in [0.05, 0.1) is 6.61 Å². The van der Waals surface area contributed by atoms with Crippen LogP contribution in [0.2, 0.25) is 0 Å². The molecule has 0 aromatic heterocycles. The molecule has 1 amide bonds. The summed E-state index contributed by atoms with van der Waals surface area (Å²) in [4.78, 5) is 21.9. The average Bonchev–Trinajstić information content (AvgIpc) is 2.13. The maximum absolute atomic E-state index is 11.1. The predicted molar refractivity (Wildman–Crippen MR) is 53.8 cm³/mol. The van der Waals surface area contributed by atoms with Crippen LogP contribution in [0.25, 0.3) is 0 Å². The largest absolute Gasteiger partial charge is 0.466 e. The molecular weight excluding hydrogens is 182 g/mol. The van der Waals surface area contributed by atoms with Crippen LogP contribution in [0.3, 0.4) is 0 Å². The number of rotatable bonds is 7. The zero-order valence-electron chi connectivity index (χ0n) is 8.97. The van der Waals surface area contributed by atoms with E-state index in [-0.39, 0.29) is 12.3 Å². The minimum atomic E-state index is -0.458. The molecule has 0 spiro atoms. The molecule has 0 aliphatic rings. The summed E-state index contributed by atoms with van der Waals surface area (Å²) in [5.41, 5.74) is 0. The first-order valence-corrected chi connectivity index (χ1v) is 5.13. The van der Waals surface area contributed by atoms with Crippen LogP contribution >= 0.6 is 0 Å². The second-order valence-electron chi connectivity index (χ2n) is 3.04. The molecule has 0 aromatic rings. The van der Waals surface area contributed by atoms with E-state index in [9.17, 15) is 9.59 Å². The van der Waals surface area contributed by atoms with E-state index in [2.05, 4.69) is 17.0 Å². The van der Waals surface area contributed by atoms with Gasteiger partial charge in [0.2, 0.25) is 5.91 Å². The van der Waals surface area contributed by atoms with Crippen molar-refractivity contribution in [1.82, 2.24) is 5.32 Å². The van der Waals surface area contributed by atoms with Gasteiger partial charge in [0.15, 0.2) is 0 Å². The smallest absolute Gasteiger partial charge is 0.315 e. The van der Waals surface area contributed by atoms with E-state index in [0.717, 1.165) is 19.3 Å². The minimum Gasteiger partial charge on any atom is -0.466 e. The highest BCUT2D eigenvalue weighted by Gasteiger charge is 2.08. The third-order valence-corrected chi connectivity index (χ3v) is 1.71. The Hall–Kier alpha value is -1.06. The maximum Gasteiger partial charge on any atom is 0.315 e. The number of nitrogens with one attached hydrogen (secondary N) is 1. The first-order chi connectivity index (χ1) is 6.70. The SMILES string of the molecule is CCCCCNC(=O)CC(=O)OCC. The summed E-state index contributed by atoms with van der Waals surface area (Å²) in [6, 6.07) is 0. The van der Waals surface area contributed by atoms with Gasteiger partial charge >= 0.3 is 5.97 Å². The van der Waals surface area contributed by atoms with Crippen molar-refractivity contribution in [3.05, 3.63) is 0 Å². The highest BCUT2D eigenvalue weighted by molar-refractivity contribution is 5.94. The summed E-state index contributed by atoms with van der Waals surface area (Å²) in [6.07, 6.45) is 3.01. The molecule has 0 rings (SSSR count). The van der Waals surface area contributed by atoms with Crippen molar-refractivity contribution < 1.29 is 14.3 Å². The van der Waals surface area contributed by atoms with Gasteiger partial charge in [0.1, 0.15) is 6.42 Å². The van der Waals surface area contributed by atoms with Crippen LogP contribution < -0.4 is 5.32 Å². The topological polar surface area (TPSA) is 55.4 Å². The number of hydrogen-bond acceptors (Lipinski definition) is 3. The van der Waals surface area contributed by atoms with Crippen molar-refractivity contribution in [3.8, 4) is 0 Å². The fraction of sp³-hybridized carbons (Fsp3) is 0.800. The first-order valence-electron chi connectivity index (χ1n) is 5.13. The molecule has 0 radical (unpaired) electrons. The summed E-state index contributed by atoms with van der Waals surface area (Å²) in [7, 11) is 0. The highest BCUT2D eigenvalue weighted by atomic mass is 16.5. The molecule has 82 valence electrons. The molecule has 0 heterocycles. The minimum absolute atomic E-state index is 0.167. The highest BCUT2D eigenvalue weighted by Crippen LogP contribution is 1.92. The van der Waals surface area contributed by atoms with Crippen molar-refractivity contribution in [2.45, 2.75) is 39.5 Å². The molecule has 0 saturated carbocycles. The van der Waals surface area contributed by atoms with E-state index in [1.807, 2.05) is 0 Å². The number of amides is 1. The molecule has 0 saturated heterocycles. The summed E-state index contributed by atoms with van der Waals surface area (Å²) >= 11 is 0. The third-order valence-electron chi connectivity index (χ3n) is 1.71. The summed E-state index contributed by atoms with van der Waals surface area (Å²) in [5.74, 6) is -0.708. The van der Waals surface area contributed by atoms with Crippen LogP contribution in [0.1, 0.15) is 39.5 Å². The molecule has 14 heavy (non-hydrogen) atoms. The molecule has 4 nitrogen and oxygen atoms in total. The van der Waals surface area contributed by atoms with Gasteiger partial charge in [-0.2, -0.15) is 0 Å². The van der Waals surface area contributed by atoms with E-state index in [4.69, 9.17) is 0 Å². The van der Waals surface area contributed by atoms with E-state index in [1.165, 1.54) is 0 Å². The lowest BCUT2D eigenvalue weighted by Gasteiger charge is -2.04. The molecule has 0 aliphatic heterocycles. The summed E-state index contributed by atoms with van der Waals surface area (Å²) < 4.78 is 4.64. The quantitative estimate of drug-likeness (QED) is 0.383. The lowest BCUT2D eigenvalue weighted by molar-refractivity contribution is -0.145. The molecule has 0 atom stereocenters. The number of hydrogen-bond donors (Lipinski definition) is 1. The van der Waals surface area contributed by atoms with E-state index in [1.54, 1.807) is 6.92 Å². The predicted octanol–water partition coefficient (Wildman–Crippen LogP) is 1.25. The number of ether oxygens (including phenoxy) is 1. The molecule has 0 unspecified atom stereocenters. The first kappa shape index (κ1) is 12.9. The van der Waals surface area contributed by atoms with Crippen molar-refractivity contribution in [2.24, 2.45) is 0 Å². The second-order valence-corrected chi connectivity index (χ2v) is 3.04. The standard InChI is InChI=1S/C10H19NO3/c1-3-5-6-7-11-9(12)8-10(13)14-4-2/h3-8H2,1-2H3,(H,11,12). The number of unbranched alkanes of at least 4 members (excludes halogenated alkanes) is 2. The Bertz CT molecular complexity index is 180. The lowest BCUT2D eigenvalue weighted by atomic mass is 10.2. The number of esters is 1. The van der Waals surface area contributed by atoms with Crippen LogP contribution in [0, 0.1) is 0 Å². The third kappa shape index (κ3) is 7.58. The zero-order chi connectivity index (χ0) is 10.8. The van der Waals surface area contributed by atoms with Crippen LogP contribution in [0.4, 0.5) is 0 Å². The Labute approximate surface area is 85.0 Å². The van der Waals surface area contributed by atoms with Gasteiger partial charge in [0.25, 0.3) is 0 Å². The van der Waals surface area contributed by atoms with Gasteiger partial charge in [-0.15, -0.1) is 0 Å². The maximum atomic E-state index is 11.1. The summed E-state index contributed by atoms with van der Waals surface area (Å²) in [5, 5.41) is 2.67. The monoisotopic (exact) mass is 201 g/mol. The zero-order valence-corrected chi connectivity index (χ0v) is 8.97. The molecule has 0 aliphatic carbocycles. The van der Waals surface area contributed by atoms with Crippen LogP contribution in [-0.2, 0) is 14.3 Å². The van der Waals surface area contributed by atoms with Crippen molar-refractivity contribution in [2.75, 3.05) is 13.2 Å². The van der Waals surface area contributed by atoms with Gasteiger partial charge in [-0.25, -0.2) is 0 Å². The summed E-state index contributed by atoms with van der Waals surface area (Å²) in [6.45, 7) is 4.78. The molecule has 1 N–H and O–H groups in total. The van der Waals surface area contributed by atoms with Crippen molar-refractivity contribution in [1.29, 1.82) is 0 Å². The fourth-order valence-electron chi connectivity index (χ4n) is 1.01. The molecule has 0 bridgehead atoms. The van der Waals surface area contributed by atoms with Gasteiger partial charge in [0, 0.05) is 6.54 Å². The van der Waals surface area contributed by atoms with Gasteiger partial charge in [-0.05, 0) is 13.3 Å². The fourth-order valence-corrected chi connectivity index (χ4v) is 1.01. The molecule has 4 heteroatoms. The van der Waals surface area contributed by atoms with E-state index in [0.29, 0.717) is 13.2 Å². The average molecular weight is 201 g/mol. The van der Waals surface area contributed by atoms with E-state index < -0.39 is 5.97 Å². The molecular formula is C10H19NO3. The van der Waals surface area contributed by atoms with Gasteiger partial charge < -0.3 is 10.1 Å². The molecule has 0 aromatic carbocycles. The molecule has 0 fully saturated rings. The Morgan fingerprint density at radius 2 is 1.93 bits per heavy atom. The number of carbonyl (C=O) groups is 2. The van der Waals surface area contributed by atoms with Gasteiger partial charge in [-0.1, -0.05) is 19.8 Å². The van der Waals surface area contributed by atoms with Crippen LogP contribution in [0.5, 0.6) is 0 Å². The van der Waals surface area contributed by atoms with Crippen LogP contribution in [-0.4, -0.2) is 25.0 Å². The second kappa shape index (κ2) is 8.53. The lowest BCUT2D eigenvalue weighted by Crippen LogP contribution is -2.27. The Morgan fingerprint density at radius 3 is 2.50 bits per heavy atom. The number of carbonyl (C=O) groups excluding carboxylic acids is 2. The van der Waals surface area contributed by atoms with Crippen LogP contribution in [0.15, 0.2) is 0 Å². The normalized spacial score (nSPS) is 9.57. The Balaban J connectivity index is 3.40.